The smallest absolute Gasteiger partial charge is 0.229 e. The maximum Gasteiger partial charge on any atom is 0.229 e. The van der Waals surface area contributed by atoms with E-state index in [1.807, 2.05) is 23.1 Å². The van der Waals surface area contributed by atoms with Gasteiger partial charge in [0.1, 0.15) is 0 Å². The molecule has 0 N–H and O–H groups in total. The summed E-state index contributed by atoms with van der Waals surface area (Å²) < 4.78 is 16.9. The third-order valence-electron chi connectivity index (χ3n) is 6.07. The average molecular weight is 414 g/mol. The zero-order chi connectivity index (χ0) is 20.8. The van der Waals surface area contributed by atoms with Crippen molar-refractivity contribution in [1.82, 2.24) is 15.0 Å². The molecule has 3 heterocycles. The van der Waals surface area contributed by atoms with Crippen LogP contribution in [0, 0.1) is 6.92 Å². The van der Waals surface area contributed by atoms with E-state index in [2.05, 4.69) is 23.1 Å². The van der Waals surface area contributed by atoms with Gasteiger partial charge in [0.15, 0.2) is 5.82 Å². The number of amides is 1. The van der Waals surface area contributed by atoms with Crippen LogP contribution in [0.3, 0.4) is 0 Å². The number of piperidine rings is 1. The van der Waals surface area contributed by atoms with Crippen LogP contribution in [0.1, 0.15) is 54.4 Å². The highest BCUT2D eigenvalue weighted by atomic mass is 16.5. The van der Waals surface area contributed by atoms with Crippen LogP contribution in [0.4, 0.5) is 0 Å². The summed E-state index contributed by atoms with van der Waals surface area (Å²) in [4.78, 5) is 19.2. The molecular formula is C23H31N3O4. The topological polar surface area (TPSA) is 77.7 Å². The Hall–Kier alpha value is -2.25. The highest BCUT2D eigenvalue weighted by Gasteiger charge is 2.25. The van der Waals surface area contributed by atoms with Crippen molar-refractivity contribution in [1.29, 1.82) is 0 Å². The number of likely N-dealkylation sites (tertiary alicyclic amines) is 1. The van der Waals surface area contributed by atoms with E-state index in [1.165, 1.54) is 0 Å². The van der Waals surface area contributed by atoms with E-state index < -0.39 is 0 Å². The van der Waals surface area contributed by atoms with Crippen LogP contribution in [-0.2, 0) is 27.1 Å². The van der Waals surface area contributed by atoms with Crippen molar-refractivity contribution in [2.24, 2.45) is 0 Å². The lowest BCUT2D eigenvalue weighted by Gasteiger charge is -2.33. The van der Waals surface area contributed by atoms with Crippen LogP contribution >= 0.6 is 0 Å². The molecule has 0 radical (unpaired) electrons. The SMILES string of the molecule is Cc1ccccc1CC(=O)N1CCCC(OCCc2noc(C3CCOCC3)n2)C1. The third kappa shape index (κ3) is 5.46. The van der Waals surface area contributed by atoms with Crippen molar-refractivity contribution in [3.63, 3.8) is 0 Å². The number of aryl methyl sites for hydroxylation is 1. The van der Waals surface area contributed by atoms with Crippen molar-refractivity contribution < 1.29 is 18.8 Å². The summed E-state index contributed by atoms with van der Waals surface area (Å²) >= 11 is 0. The van der Waals surface area contributed by atoms with Crippen LogP contribution in [0.15, 0.2) is 28.8 Å². The van der Waals surface area contributed by atoms with E-state index in [1.54, 1.807) is 0 Å². The standard InChI is InChI=1S/C23H31N3O4/c1-17-5-2-3-6-19(17)15-22(27)26-11-4-7-20(16-26)29-14-10-21-24-23(30-25-21)18-8-12-28-13-9-18/h2-3,5-6,18,20H,4,7-16H2,1H3. The molecule has 30 heavy (non-hydrogen) atoms. The largest absolute Gasteiger partial charge is 0.381 e. The quantitative estimate of drug-likeness (QED) is 0.694. The Balaban J connectivity index is 1.22. The molecule has 2 saturated heterocycles. The minimum absolute atomic E-state index is 0.0708. The molecule has 4 rings (SSSR count). The molecule has 1 unspecified atom stereocenters. The molecule has 2 aliphatic heterocycles. The van der Waals surface area contributed by atoms with Gasteiger partial charge in [0.05, 0.1) is 19.1 Å². The van der Waals surface area contributed by atoms with Crippen molar-refractivity contribution in [2.75, 3.05) is 32.9 Å². The van der Waals surface area contributed by atoms with Crippen molar-refractivity contribution in [2.45, 2.75) is 57.5 Å². The van der Waals surface area contributed by atoms with Gasteiger partial charge in [-0.1, -0.05) is 29.4 Å². The first kappa shape index (κ1) is 21.0. The number of ether oxygens (including phenoxy) is 2. The summed E-state index contributed by atoms with van der Waals surface area (Å²) in [6.07, 6.45) is 4.98. The third-order valence-corrected chi connectivity index (χ3v) is 6.07. The molecule has 7 nitrogen and oxygen atoms in total. The van der Waals surface area contributed by atoms with E-state index in [0.717, 1.165) is 62.5 Å². The van der Waals surface area contributed by atoms with Gasteiger partial charge in [-0.15, -0.1) is 0 Å². The highest BCUT2D eigenvalue weighted by Crippen LogP contribution is 2.25. The van der Waals surface area contributed by atoms with Crippen LogP contribution in [0.5, 0.6) is 0 Å². The maximum absolute atomic E-state index is 12.7. The molecule has 1 atom stereocenters. The number of nitrogens with zero attached hydrogens (tertiary/aromatic N) is 3. The molecule has 1 aromatic carbocycles. The molecule has 7 heteroatoms. The summed E-state index contributed by atoms with van der Waals surface area (Å²) in [5, 5.41) is 4.10. The van der Waals surface area contributed by atoms with Gasteiger partial charge in [0.25, 0.3) is 0 Å². The second-order valence-electron chi connectivity index (χ2n) is 8.26. The van der Waals surface area contributed by atoms with Crippen LogP contribution in [0.2, 0.25) is 0 Å². The number of aromatic nitrogens is 2. The minimum Gasteiger partial charge on any atom is -0.381 e. The summed E-state index contributed by atoms with van der Waals surface area (Å²) in [5.41, 5.74) is 2.26. The van der Waals surface area contributed by atoms with E-state index in [4.69, 9.17) is 14.0 Å². The maximum atomic E-state index is 12.7. The zero-order valence-electron chi connectivity index (χ0n) is 17.7. The van der Waals surface area contributed by atoms with Crippen LogP contribution in [-0.4, -0.2) is 60.0 Å². The van der Waals surface area contributed by atoms with Crippen molar-refractivity contribution in [3.8, 4) is 0 Å². The Bertz CT molecular complexity index is 831. The minimum atomic E-state index is 0.0708. The Morgan fingerprint density at radius 1 is 1.23 bits per heavy atom. The Morgan fingerprint density at radius 2 is 2.07 bits per heavy atom. The van der Waals surface area contributed by atoms with Crippen molar-refractivity contribution >= 4 is 5.91 Å². The summed E-state index contributed by atoms with van der Waals surface area (Å²) in [6.45, 7) is 5.57. The van der Waals surface area contributed by atoms with Gasteiger partial charge in [-0.3, -0.25) is 4.79 Å². The Morgan fingerprint density at radius 3 is 2.90 bits per heavy atom. The molecule has 162 valence electrons. The molecule has 0 spiro atoms. The molecule has 2 fully saturated rings. The highest BCUT2D eigenvalue weighted by molar-refractivity contribution is 5.79. The van der Waals surface area contributed by atoms with E-state index >= 15 is 0 Å². The van der Waals surface area contributed by atoms with Crippen LogP contribution in [0.25, 0.3) is 0 Å². The second kappa shape index (κ2) is 10.2. The fourth-order valence-corrected chi connectivity index (χ4v) is 4.18. The van der Waals surface area contributed by atoms with Gasteiger partial charge in [0.2, 0.25) is 11.8 Å². The first-order chi connectivity index (χ1) is 14.7. The van der Waals surface area contributed by atoms with Gasteiger partial charge >= 0.3 is 0 Å². The molecule has 0 bridgehead atoms. The lowest BCUT2D eigenvalue weighted by molar-refractivity contribution is -0.134. The molecule has 2 aliphatic rings. The lowest BCUT2D eigenvalue weighted by atomic mass is 10.0. The predicted molar refractivity (Wildman–Crippen MR) is 111 cm³/mol. The first-order valence-corrected chi connectivity index (χ1v) is 11.0. The molecule has 2 aromatic rings. The number of benzene rings is 1. The van der Waals surface area contributed by atoms with E-state index in [0.29, 0.717) is 37.7 Å². The predicted octanol–water partition coefficient (Wildman–Crippen LogP) is 3.06. The normalized spacial score (nSPS) is 20.4. The van der Waals surface area contributed by atoms with E-state index in [-0.39, 0.29) is 12.0 Å². The molecule has 1 aromatic heterocycles. The summed E-state index contributed by atoms with van der Waals surface area (Å²) in [5.74, 6) is 1.91. The Kier molecular flexibility index (Phi) is 7.12. The summed E-state index contributed by atoms with van der Waals surface area (Å²) in [7, 11) is 0. The average Bonchev–Trinajstić information content (AvgIpc) is 3.25. The number of carbonyl (C=O) groups excluding carboxylic acids is 1. The Labute approximate surface area is 177 Å². The second-order valence-corrected chi connectivity index (χ2v) is 8.26. The van der Waals surface area contributed by atoms with Crippen LogP contribution < -0.4 is 0 Å². The number of rotatable bonds is 7. The van der Waals surface area contributed by atoms with Gasteiger partial charge in [-0.25, -0.2) is 0 Å². The monoisotopic (exact) mass is 413 g/mol. The van der Waals surface area contributed by atoms with Gasteiger partial charge < -0.3 is 18.9 Å². The number of hydrogen-bond donors (Lipinski definition) is 0. The van der Waals surface area contributed by atoms with Gasteiger partial charge in [-0.2, -0.15) is 4.98 Å². The number of hydrogen-bond acceptors (Lipinski definition) is 6. The van der Waals surface area contributed by atoms with Crippen molar-refractivity contribution in [3.05, 3.63) is 47.1 Å². The molecular weight excluding hydrogens is 382 g/mol. The lowest BCUT2D eigenvalue weighted by Crippen LogP contribution is -2.44. The summed E-state index contributed by atoms with van der Waals surface area (Å²) in [6, 6.07) is 8.08. The fraction of sp³-hybridized carbons (Fsp3) is 0.609. The fourth-order valence-electron chi connectivity index (χ4n) is 4.18. The molecule has 0 saturated carbocycles. The zero-order valence-corrected chi connectivity index (χ0v) is 17.7. The van der Waals surface area contributed by atoms with E-state index in [9.17, 15) is 4.79 Å². The first-order valence-electron chi connectivity index (χ1n) is 11.0. The number of carbonyl (C=O) groups is 1. The molecule has 1 amide bonds. The van der Waals surface area contributed by atoms with Gasteiger partial charge in [0, 0.05) is 38.6 Å². The van der Waals surface area contributed by atoms with Gasteiger partial charge in [-0.05, 0) is 43.7 Å². The molecule has 0 aliphatic carbocycles.